The number of anilines is 2. The largest absolute Gasteiger partial charge is 0.354 e. The number of nitrogens with one attached hydrogen (secondary N) is 3. The van der Waals surface area contributed by atoms with Crippen LogP contribution in [0.15, 0.2) is 30.3 Å². The van der Waals surface area contributed by atoms with Crippen molar-refractivity contribution in [1.82, 2.24) is 10.6 Å². The highest BCUT2D eigenvalue weighted by atomic mass is 127. The standard InChI is InChI=1S/C20H23FIN3O/c1-12-10-15(22)3-4-18(12)25-19-13(2)9-14(21)11-17(19)20(26)24-16-5-7-23-8-6-16/h3-4,9-11,16,23,25H,5-8H2,1-2H3,(H,24,26). The van der Waals surface area contributed by atoms with Crippen molar-refractivity contribution in [2.75, 3.05) is 18.4 Å². The van der Waals surface area contributed by atoms with Crippen molar-refractivity contribution in [2.45, 2.75) is 32.7 Å². The van der Waals surface area contributed by atoms with Gasteiger partial charge in [-0.3, -0.25) is 4.79 Å². The molecule has 1 aliphatic heterocycles. The molecule has 138 valence electrons. The van der Waals surface area contributed by atoms with Crippen molar-refractivity contribution in [1.29, 1.82) is 0 Å². The lowest BCUT2D eigenvalue weighted by atomic mass is 10.0. The lowest BCUT2D eigenvalue weighted by Gasteiger charge is -2.24. The van der Waals surface area contributed by atoms with Crippen LogP contribution in [-0.4, -0.2) is 25.0 Å². The molecular weight excluding hydrogens is 444 g/mol. The van der Waals surface area contributed by atoms with Gasteiger partial charge in [0.1, 0.15) is 5.82 Å². The van der Waals surface area contributed by atoms with Gasteiger partial charge in [-0.05, 0) is 104 Å². The first-order valence-electron chi connectivity index (χ1n) is 8.79. The first-order chi connectivity index (χ1) is 12.4. The van der Waals surface area contributed by atoms with E-state index in [1.54, 1.807) is 0 Å². The molecule has 0 spiro atoms. The number of halogens is 2. The number of carbonyl (C=O) groups excluding carboxylic acids is 1. The van der Waals surface area contributed by atoms with Gasteiger partial charge in [-0.1, -0.05) is 0 Å². The summed E-state index contributed by atoms with van der Waals surface area (Å²) in [6, 6.07) is 8.94. The van der Waals surface area contributed by atoms with E-state index < -0.39 is 5.82 Å². The lowest BCUT2D eigenvalue weighted by molar-refractivity contribution is 0.0930. The molecule has 1 amide bonds. The van der Waals surface area contributed by atoms with Crippen LogP contribution in [0.3, 0.4) is 0 Å². The summed E-state index contributed by atoms with van der Waals surface area (Å²) in [7, 11) is 0. The third kappa shape index (κ3) is 4.54. The average Bonchev–Trinajstić information content (AvgIpc) is 2.59. The Hall–Kier alpha value is -1.67. The molecule has 0 atom stereocenters. The highest BCUT2D eigenvalue weighted by Gasteiger charge is 2.20. The van der Waals surface area contributed by atoms with Crippen LogP contribution in [0.4, 0.5) is 15.8 Å². The van der Waals surface area contributed by atoms with E-state index in [0.717, 1.165) is 40.8 Å². The van der Waals surface area contributed by atoms with Crippen LogP contribution in [0.1, 0.15) is 34.3 Å². The van der Waals surface area contributed by atoms with Crippen LogP contribution in [0.25, 0.3) is 0 Å². The molecule has 2 aromatic carbocycles. The van der Waals surface area contributed by atoms with Gasteiger partial charge in [0.2, 0.25) is 0 Å². The summed E-state index contributed by atoms with van der Waals surface area (Å²) in [4.78, 5) is 12.8. The highest BCUT2D eigenvalue weighted by Crippen LogP contribution is 2.29. The molecule has 0 radical (unpaired) electrons. The van der Waals surface area contributed by atoms with Crippen LogP contribution in [0.2, 0.25) is 0 Å². The van der Waals surface area contributed by atoms with Crippen molar-refractivity contribution in [2.24, 2.45) is 0 Å². The number of rotatable bonds is 4. The zero-order valence-electron chi connectivity index (χ0n) is 15.0. The highest BCUT2D eigenvalue weighted by molar-refractivity contribution is 14.1. The number of carbonyl (C=O) groups is 1. The predicted octanol–water partition coefficient (Wildman–Crippen LogP) is 4.27. The van der Waals surface area contributed by atoms with Crippen LogP contribution < -0.4 is 16.0 Å². The monoisotopic (exact) mass is 467 g/mol. The maximum Gasteiger partial charge on any atom is 0.253 e. The summed E-state index contributed by atoms with van der Waals surface area (Å²) in [5, 5.41) is 9.67. The zero-order valence-corrected chi connectivity index (χ0v) is 17.1. The van der Waals surface area contributed by atoms with E-state index in [-0.39, 0.29) is 11.9 Å². The van der Waals surface area contributed by atoms with Gasteiger partial charge in [0, 0.05) is 15.3 Å². The molecule has 4 nitrogen and oxygen atoms in total. The first-order valence-corrected chi connectivity index (χ1v) is 9.87. The summed E-state index contributed by atoms with van der Waals surface area (Å²) in [6.45, 7) is 5.60. The van der Waals surface area contributed by atoms with Crippen molar-refractivity contribution >= 4 is 39.9 Å². The van der Waals surface area contributed by atoms with E-state index in [1.165, 1.54) is 12.1 Å². The number of amides is 1. The van der Waals surface area contributed by atoms with Gasteiger partial charge in [0.25, 0.3) is 5.91 Å². The Morgan fingerprint density at radius 1 is 1.15 bits per heavy atom. The summed E-state index contributed by atoms with van der Waals surface area (Å²) in [5.74, 6) is -0.631. The van der Waals surface area contributed by atoms with Crippen molar-refractivity contribution < 1.29 is 9.18 Å². The quantitative estimate of drug-likeness (QED) is 0.589. The van der Waals surface area contributed by atoms with E-state index >= 15 is 0 Å². The summed E-state index contributed by atoms with van der Waals surface area (Å²) in [6.07, 6.45) is 1.78. The number of aryl methyl sites for hydroxylation is 2. The zero-order chi connectivity index (χ0) is 18.7. The Kier molecular flexibility index (Phi) is 6.13. The van der Waals surface area contributed by atoms with Gasteiger partial charge in [0.05, 0.1) is 11.3 Å². The van der Waals surface area contributed by atoms with Gasteiger partial charge in [-0.15, -0.1) is 0 Å². The van der Waals surface area contributed by atoms with Crippen LogP contribution in [-0.2, 0) is 0 Å². The van der Waals surface area contributed by atoms with Gasteiger partial charge < -0.3 is 16.0 Å². The smallest absolute Gasteiger partial charge is 0.253 e. The topological polar surface area (TPSA) is 53.2 Å². The minimum absolute atomic E-state index is 0.125. The molecule has 3 rings (SSSR count). The van der Waals surface area contributed by atoms with Crippen molar-refractivity contribution in [3.63, 3.8) is 0 Å². The Balaban J connectivity index is 1.90. The molecule has 0 aromatic heterocycles. The Morgan fingerprint density at radius 2 is 1.88 bits per heavy atom. The number of hydrogen-bond donors (Lipinski definition) is 3. The molecule has 1 fully saturated rings. The van der Waals surface area contributed by atoms with Gasteiger partial charge in [-0.25, -0.2) is 4.39 Å². The summed E-state index contributed by atoms with van der Waals surface area (Å²) in [5.41, 5.74) is 3.70. The van der Waals surface area contributed by atoms with Gasteiger partial charge in [-0.2, -0.15) is 0 Å². The van der Waals surface area contributed by atoms with Crippen LogP contribution >= 0.6 is 22.6 Å². The second kappa shape index (κ2) is 8.35. The predicted molar refractivity (Wildman–Crippen MR) is 112 cm³/mol. The Labute approximate surface area is 167 Å². The number of hydrogen-bond acceptors (Lipinski definition) is 3. The molecule has 0 aliphatic carbocycles. The summed E-state index contributed by atoms with van der Waals surface area (Å²) >= 11 is 2.27. The first kappa shape index (κ1) is 19.1. The maximum atomic E-state index is 14.0. The Morgan fingerprint density at radius 3 is 2.58 bits per heavy atom. The fourth-order valence-electron chi connectivity index (χ4n) is 3.22. The molecule has 26 heavy (non-hydrogen) atoms. The fourth-order valence-corrected chi connectivity index (χ4v) is 3.87. The molecule has 1 heterocycles. The second-order valence-corrected chi connectivity index (χ2v) is 7.97. The Bertz CT molecular complexity index is 819. The third-order valence-corrected chi connectivity index (χ3v) is 5.34. The fraction of sp³-hybridized carbons (Fsp3) is 0.350. The number of piperidine rings is 1. The average molecular weight is 467 g/mol. The molecule has 1 aliphatic rings. The van der Waals surface area contributed by atoms with E-state index in [9.17, 15) is 9.18 Å². The second-order valence-electron chi connectivity index (χ2n) is 6.73. The van der Waals surface area contributed by atoms with E-state index in [4.69, 9.17) is 0 Å². The number of benzene rings is 2. The molecule has 6 heteroatoms. The molecule has 0 saturated carbocycles. The normalized spacial score (nSPS) is 14.9. The molecule has 2 aromatic rings. The summed E-state index contributed by atoms with van der Waals surface area (Å²) < 4.78 is 15.1. The van der Waals surface area contributed by atoms with Gasteiger partial charge in [0.15, 0.2) is 0 Å². The SMILES string of the molecule is Cc1cc(I)ccc1Nc1c(C)cc(F)cc1C(=O)NC1CCNCC1. The minimum Gasteiger partial charge on any atom is -0.354 e. The molecule has 1 saturated heterocycles. The minimum atomic E-state index is -0.400. The van der Waals surface area contributed by atoms with Crippen molar-refractivity contribution in [3.8, 4) is 0 Å². The van der Waals surface area contributed by atoms with Crippen LogP contribution in [0, 0.1) is 23.2 Å². The molecule has 0 bridgehead atoms. The maximum absolute atomic E-state index is 14.0. The van der Waals surface area contributed by atoms with E-state index in [2.05, 4.69) is 44.6 Å². The van der Waals surface area contributed by atoms with Gasteiger partial charge >= 0.3 is 0 Å². The molecule has 0 unspecified atom stereocenters. The van der Waals surface area contributed by atoms with E-state index in [1.807, 2.05) is 26.0 Å². The van der Waals surface area contributed by atoms with E-state index in [0.29, 0.717) is 16.8 Å². The lowest BCUT2D eigenvalue weighted by Crippen LogP contribution is -2.42. The van der Waals surface area contributed by atoms with Crippen LogP contribution in [0.5, 0.6) is 0 Å². The van der Waals surface area contributed by atoms with Crippen molar-refractivity contribution in [3.05, 3.63) is 56.4 Å². The third-order valence-electron chi connectivity index (χ3n) is 4.67. The molecule has 3 N–H and O–H groups in total. The molecular formula is C20H23FIN3O.